The molecule has 96 valence electrons. The summed E-state index contributed by atoms with van der Waals surface area (Å²) in [5.41, 5.74) is 2.89. The molecule has 0 atom stereocenters. The van der Waals surface area contributed by atoms with E-state index in [1.165, 1.54) is 10.9 Å². The molecule has 0 aliphatic rings. The number of halogens is 2. The second-order valence-electron chi connectivity index (χ2n) is 4.18. The third-order valence-electron chi connectivity index (χ3n) is 2.77. The molecule has 1 aromatic carbocycles. The highest BCUT2D eigenvalue weighted by atomic mass is 79.9. The highest BCUT2D eigenvalue weighted by molar-refractivity contribution is 9.10. The van der Waals surface area contributed by atoms with E-state index < -0.39 is 0 Å². The second-order valence-corrected chi connectivity index (χ2v) is 6.33. The summed E-state index contributed by atoms with van der Waals surface area (Å²) >= 11 is 4.88. The van der Waals surface area contributed by atoms with Gasteiger partial charge in [0.15, 0.2) is 0 Å². The van der Waals surface area contributed by atoms with Crippen molar-refractivity contribution in [3.8, 4) is 0 Å². The molecule has 0 aliphatic carbocycles. The van der Waals surface area contributed by atoms with E-state index in [4.69, 9.17) is 0 Å². The Morgan fingerprint density at radius 2 is 2.06 bits per heavy atom. The van der Waals surface area contributed by atoms with Crippen molar-refractivity contribution in [3.63, 3.8) is 0 Å². The molecule has 1 aromatic heterocycles. The first-order chi connectivity index (χ1) is 8.47. The lowest BCUT2D eigenvalue weighted by molar-refractivity contribution is 0.620. The van der Waals surface area contributed by atoms with Crippen molar-refractivity contribution in [2.75, 3.05) is 5.32 Å². The predicted molar refractivity (Wildman–Crippen MR) is 77.8 cm³/mol. The smallest absolute Gasteiger partial charge is 0.137 e. The molecule has 0 amide bonds. The Morgan fingerprint density at radius 1 is 1.33 bits per heavy atom. The molecule has 0 spiro atoms. The Hall–Kier alpha value is -0.940. The van der Waals surface area contributed by atoms with Gasteiger partial charge in [-0.05, 0) is 54.4 Å². The maximum atomic E-state index is 13.3. The fourth-order valence-electron chi connectivity index (χ4n) is 1.62. The van der Waals surface area contributed by atoms with Crippen LogP contribution in [0.5, 0.6) is 0 Å². The number of nitrogens with one attached hydrogen (secondary N) is 1. The van der Waals surface area contributed by atoms with E-state index in [0.29, 0.717) is 11.0 Å². The van der Waals surface area contributed by atoms with E-state index in [2.05, 4.69) is 33.2 Å². The number of aromatic nitrogens is 1. The van der Waals surface area contributed by atoms with Crippen molar-refractivity contribution < 1.29 is 4.39 Å². The summed E-state index contributed by atoms with van der Waals surface area (Å²) in [5.74, 6) is -0.237. The largest absolute Gasteiger partial charge is 0.378 e. The van der Waals surface area contributed by atoms with Crippen molar-refractivity contribution in [2.24, 2.45) is 0 Å². The van der Waals surface area contributed by atoms with Crippen LogP contribution in [0.4, 0.5) is 10.1 Å². The second kappa shape index (κ2) is 5.36. The zero-order chi connectivity index (χ0) is 13.3. The fraction of sp³-hybridized carbons (Fsp3) is 0.308. The summed E-state index contributed by atoms with van der Waals surface area (Å²) in [4.78, 5) is 5.70. The molecule has 18 heavy (non-hydrogen) atoms. The number of anilines is 1. The predicted octanol–water partition coefficient (Wildman–Crippen LogP) is 4.58. The summed E-state index contributed by atoms with van der Waals surface area (Å²) in [7, 11) is 0. The van der Waals surface area contributed by atoms with Gasteiger partial charge in [-0.25, -0.2) is 9.37 Å². The molecule has 5 heteroatoms. The maximum absolute atomic E-state index is 13.3. The van der Waals surface area contributed by atoms with Gasteiger partial charge in [0.05, 0.1) is 16.7 Å². The van der Waals surface area contributed by atoms with Gasteiger partial charge in [0, 0.05) is 10.6 Å². The third kappa shape index (κ3) is 2.90. The van der Waals surface area contributed by atoms with E-state index in [0.717, 1.165) is 22.0 Å². The minimum absolute atomic E-state index is 0.237. The standard InChI is InChI=1S/C13H14BrFN2S/c1-7-4-11(15)10(14)5-12(7)16-6-13-17-8(2)9(3)18-13/h4-5,16H,6H2,1-3H3. The summed E-state index contributed by atoms with van der Waals surface area (Å²) in [6.07, 6.45) is 0. The number of nitrogens with zero attached hydrogens (tertiary/aromatic N) is 1. The van der Waals surface area contributed by atoms with Crippen LogP contribution in [0.25, 0.3) is 0 Å². The summed E-state index contributed by atoms with van der Waals surface area (Å²) in [6.45, 7) is 6.62. The minimum Gasteiger partial charge on any atom is -0.378 e. The number of hydrogen-bond acceptors (Lipinski definition) is 3. The zero-order valence-electron chi connectivity index (χ0n) is 10.5. The molecule has 0 bridgehead atoms. The number of benzene rings is 1. The van der Waals surface area contributed by atoms with Crippen molar-refractivity contribution in [2.45, 2.75) is 27.3 Å². The van der Waals surface area contributed by atoms with Crippen molar-refractivity contribution in [3.05, 3.63) is 43.6 Å². The van der Waals surface area contributed by atoms with Gasteiger partial charge in [-0.3, -0.25) is 0 Å². The van der Waals surface area contributed by atoms with Crippen LogP contribution in [0, 0.1) is 26.6 Å². The first kappa shape index (κ1) is 13.5. The lowest BCUT2D eigenvalue weighted by atomic mass is 10.2. The monoisotopic (exact) mass is 328 g/mol. The van der Waals surface area contributed by atoms with E-state index in [-0.39, 0.29) is 5.82 Å². The fourth-order valence-corrected chi connectivity index (χ4v) is 2.84. The summed E-state index contributed by atoms with van der Waals surface area (Å²) < 4.78 is 13.8. The molecule has 0 saturated heterocycles. The number of hydrogen-bond donors (Lipinski definition) is 1. The average molecular weight is 329 g/mol. The van der Waals surface area contributed by atoms with Gasteiger partial charge < -0.3 is 5.32 Å². The Kier molecular flexibility index (Phi) is 4.02. The molecule has 0 aliphatic heterocycles. The summed E-state index contributed by atoms with van der Waals surface area (Å²) in [6, 6.07) is 3.28. The topological polar surface area (TPSA) is 24.9 Å². The van der Waals surface area contributed by atoms with E-state index in [9.17, 15) is 4.39 Å². The van der Waals surface area contributed by atoms with Gasteiger partial charge in [-0.15, -0.1) is 11.3 Å². The number of thiazole rings is 1. The van der Waals surface area contributed by atoms with Crippen molar-refractivity contribution in [1.82, 2.24) is 4.98 Å². The van der Waals surface area contributed by atoms with Crippen LogP contribution in [0.2, 0.25) is 0 Å². The van der Waals surface area contributed by atoms with E-state index in [1.807, 2.05) is 13.8 Å². The Balaban J connectivity index is 2.13. The third-order valence-corrected chi connectivity index (χ3v) is 4.45. The highest BCUT2D eigenvalue weighted by Crippen LogP contribution is 2.25. The lowest BCUT2D eigenvalue weighted by Crippen LogP contribution is -2.01. The highest BCUT2D eigenvalue weighted by Gasteiger charge is 2.07. The van der Waals surface area contributed by atoms with Gasteiger partial charge in [-0.2, -0.15) is 0 Å². The van der Waals surface area contributed by atoms with Crippen molar-refractivity contribution >= 4 is 33.0 Å². The lowest BCUT2D eigenvalue weighted by Gasteiger charge is -2.09. The Morgan fingerprint density at radius 3 is 2.67 bits per heavy atom. The molecule has 2 aromatic rings. The van der Waals surface area contributed by atoms with Crippen LogP contribution in [-0.2, 0) is 6.54 Å². The summed E-state index contributed by atoms with van der Waals surface area (Å²) in [5, 5.41) is 4.34. The van der Waals surface area contributed by atoms with E-state index >= 15 is 0 Å². The van der Waals surface area contributed by atoms with Crippen LogP contribution in [0.3, 0.4) is 0 Å². The minimum atomic E-state index is -0.237. The average Bonchev–Trinajstić information content (AvgIpc) is 2.62. The molecule has 1 N–H and O–H groups in total. The van der Waals surface area contributed by atoms with Gasteiger partial charge in [0.1, 0.15) is 10.8 Å². The quantitative estimate of drug-likeness (QED) is 0.891. The van der Waals surface area contributed by atoms with Gasteiger partial charge in [0.2, 0.25) is 0 Å². The van der Waals surface area contributed by atoms with Gasteiger partial charge in [0.25, 0.3) is 0 Å². The first-order valence-corrected chi connectivity index (χ1v) is 7.20. The molecular formula is C13H14BrFN2S. The number of aryl methyl sites for hydroxylation is 3. The molecule has 0 saturated carbocycles. The van der Waals surface area contributed by atoms with Crippen molar-refractivity contribution in [1.29, 1.82) is 0 Å². The molecular weight excluding hydrogens is 315 g/mol. The molecule has 0 unspecified atom stereocenters. The zero-order valence-corrected chi connectivity index (χ0v) is 12.9. The molecule has 1 heterocycles. The Labute approximate surface area is 118 Å². The SMILES string of the molecule is Cc1cc(F)c(Br)cc1NCc1nc(C)c(C)s1. The molecule has 2 nitrogen and oxygen atoms in total. The van der Waals surface area contributed by atoms with Crippen LogP contribution in [0.15, 0.2) is 16.6 Å². The normalized spacial score (nSPS) is 10.7. The molecule has 0 fully saturated rings. The van der Waals surface area contributed by atoms with Crippen LogP contribution in [0.1, 0.15) is 21.1 Å². The van der Waals surface area contributed by atoms with Crippen LogP contribution >= 0.6 is 27.3 Å². The molecule has 2 rings (SSSR count). The van der Waals surface area contributed by atoms with Crippen LogP contribution in [-0.4, -0.2) is 4.98 Å². The first-order valence-electron chi connectivity index (χ1n) is 5.60. The van der Waals surface area contributed by atoms with Gasteiger partial charge in [-0.1, -0.05) is 0 Å². The van der Waals surface area contributed by atoms with Crippen LogP contribution < -0.4 is 5.32 Å². The number of rotatable bonds is 3. The van der Waals surface area contributed by atoms with E-state index in [1.54, 1.807) is 17.4 Å². The Bertz CT molecular complexity index is 561. The maximum Gasteiger partial charge on any atom is 0.137 e. The van der Waals surface area contributed by atoms with Gasteiger partial charge >= 0.3 is 0 Å². The molecule has 0 radical (unpaired) electrons.